The maximum atomic E-state index is 5.97. The number of piperidine rings is 1. The minimum Gasteiger partial charge on any atom is -0.385 e. The van der Waals surface area contributed by atoms with E-state index in [1.165, 1.54) is 38.5 Å². The summed E-state index contributed by atoms with van der Waals surface area (Å²) >= 11 is 0. The fourth-order valence-electron chi connectivity index (χ4n) is 4.61. The molecule has 26 heavy (non-hydrogen) atoms. The van der Waals surface area contributed by atoms with Crippen molar-refractivity contribution in [3.63, 3.8) is 0 Å². The molecule has 3 aliphatic rings. The Morgan fingerprint density at radius 3 is 2.46 bits per heavy atom. The third-order valence-corrected chi connectivity index (χ3v) is 6.21. The van der Waals surface area contributed by atoms with Crippen LogP contribution in [0.15, 0.2) is 4.99 Å². The van der Waals surface area contributed by atoms with E-state index in [9.17, 15) is 0 Å². The molecule has 1 saturated heterocycles. The fraction of sp³-hybridized carbons (Fsp3) is 0.950. The molecule has 1 aliphatic heterocycles. The highest BCUT2D eigenvalue weighted by Gasteiger charge is 2.43. The van der Waals surface area contributed by atoms with Crippen molar-refractivity contribution in [2.24, 2.45) is 16.8 Å². The minimum atomic E-state index is 0. The third kappa shape index (κ3) is 6.51. The first-order chi connectivity index (χ1) is 12.3. The van der Waals surface area contributed by atoms with Crippen LogP contribution >= 0.6 is 24.0 Å². The first-order valence-corrected chi connectivity index (χ1v) is 10.4. The van der Waals surface area contributed by atoms with Crippen molar-refractivity contribution < 1.29 is 9.47 Å². The SMILES string of the molecule is CN=C(NC1CC1C1CCCCC1)N1CCC(OCCCOC)CC1.I. The number of hydrogen-bond acceptors (Lipinski definition) is 3. The fourth-order valence-corrected chi connectivity index (χ4v) is 4.61. The van der Waals surface area contributed by atoms with E-state index in [0.29, 0.717) is 12.1 Å². The van der Waals surface area contributed by atoms with Crippen molar-refractivity contribution in [3.8, 4) is 0 Å². The predicted molar refractivity (Wildman–Crippen MR) is 117 cm³/mol. The highest BCUT2D eigenvalue weighted by Crippen LogP contribution is 2.44. The van der Waals surface area contributed by atoms with E-state index < -0.39 is 0 Å². The van der Waals surface area contributed by atoms with Gasteiger partial charge in [-0.3, -0.25) is 4.99 Å². The second-order valence-electron chi connectivity index (χ2n) is 8.00. The molecule has 2 atom stereocenters. The van der Waals surface area contributed by atoms with Crippen LogP contribution in [-0.2, 0) is 9.47 Å². The highest BCUT2D eigenvalue weighted by molar-refractivity contribution is 14.0. The molecule has 0 aromatic rings. The van der Waals surface area contributed by atoms with Gasteiger partial charge in [-0.15, -0.1) is 24.0 Å². The van der Waals surface area contributed by atoms with Gasteiger partial charge in [0.1, 0.15) is 0 Å². The number of rotatable bonds is 7. The van der Waals surface area contributed by atoms with Gasteiger partial charge >= 0.3 is 0 Å². The summed E-state index contributed by atoms with van der Waals surface area (Å²) in [5.41, 5.74) is 0. The number of hydrogen-bond donors (Lipinski definition) is 1. The summed E-state index contributed by atoms with van der Waals surface area (Å²) in [4.78, 5) is 6.98. The molecule has 2 unspecified atom stereocenters. The van der Waals surface area contributed by atoms with E-state index in [2.05, 4.69) is 15.2 Å². The summed E-state index contributed by atoms with van der Waals surface area (Å²) in [7, 11) is 3.67. The lowest BCUT2D eigenvalue weighted by Crippen LogP contribution is -2.48. The molecule has 3 fully saturated rings. The average Bonchev–Trinajstić information content (AvgIpc) is 3.44. The first-order valence-electron chi connectivity index (χ1n) is 10.4. The van der Waals surface area contributed by atoms with Gasteiger partial charge in [0.2, 0.25) is 0 Å². The Morgan fingerprint density at radius 2 is 1.81 bits per heavy atom. The topological polar surface area (TPSA) is 46.1 Å². The minimum absolute atomic E-state index is 0. The van der Waals surface area contributed by atoms with Gasteiger partial charge in [-0.1, -0.05) is 32.1 Å². The molecule has 2 saturated carbocycles. The lowest BCUT2D eigenvalue weighted by Gasteiger charge is -2.34. The van der Waals surface area contributed by atoms with Gasteiger partial charge in [-0.25, -0.2) is 0 Å². The highest BCUT2D eigenvalue weighted by atomic mass is 127. The number of likely N-dealkylation sites (tertiary alicyclic amines) is 1. The zero-order valence-electron chi connectivity index (χ0n) is 16.6. The smallest absolute Gasteiger partial charge is 0.193 e. The molecule has 2 aliphatic carbocycles. The second kappa shape index (κ2) is 11.7. The number of nitrogens with one attached hydrogen (secondary N) is 1. The van der Waals surface area contributed by atoms with Gasteiger partial charge in [-0.05, 0) is 37.5 Å². The van der Waals surface area contributed by atoms with Crippen molar-refractivity contribution in [1.82, 2.24) is 10.2 Å². The summed E-state index contributed by atoms with van der Waals surface area (Å²) < 4.78 is 11.0. The number of aliphatic imine (C=N–C) groups is 1. The maximum absolute atomic E-state index is 5.97. The van der Waals surface area contributed by atoms with E-state index in [-0.39, 0.29) is 24.0 Å². The van der Waals surface area contributed by atoms with E-state index in [1.807, 2.05) is 7.05 Å². The molecule has 1 N–H and O–H groups in total. The lowest BCUT2D eigenvalue weighted by molar-refractivity contribution is 0.00988. The summed E-state index contributed by atoms with van der Waals surface area (Å²) in [6.07, 6.45) is 12.2. The monoisotopic (exact) mass is 479 g/mol. The van der Waals surface area contributed by atoms with Crippen molar-refractivity contribution in [2.75, 3.05) is 40.5 Å². The Morgan fingerprint density at radius 1 is 1.08 bits per heavy atom. The summed E-state index contributed by atoms with van der Waals surface area (Å²) in [5.74, 6) is 2.98. The number of ether oxygens (including phenoxy) is 2. The number of methoxy groups -OCH3 is 1. The average molecular weight is 479 g/mol. The van der Waals surface area contributed by atoms with Crippen molar-refractivity contribution in [3.05, 3.63) is 0 Å². The van der Waals surface area contributed by atoms with Crippen LogP contribution in [0.3, 0.4) is 0 Å². The molecule has 152 valence electrons. The molecule has 0 bridgehead atoms. The van der Waals surface area contributed by atoms with Crippen LogP contribution in [-0.4, -0.2) is 63.5 Å². The van der Waals surface area contributed by atoms with E-state index >= 15 is 0 Å². The van der Waals surface area contributed by atoms with Crippen LogP contribution in [0.25, 0.3) is 0 Å². The Hall–Kier alpha value is -0.0800. The Kier molecular flexibility index (Phi) is 9.99. The van der Waals surface area contributed by atoms with Gasteiger partial charge < -0.3 is 19.7 Å². The van der Waals surface area contributed by atoms with E-state index in [0.717, 1.165) is 63.4 Å². The number of guanidine groups is 1. The van der Waals surface area contributed by atoms with Crippen LogP contribution in [0, 0.1) is 11.8 Å². The summed E-state index contributed by atoms with van der Waals surface area (Å²) in [6, 6.07) is 0.671. The molecule has 0 aromatic heterocycles. The normalized spacial score (nSPS) is 27.9. The standard InChI is InChI=1S/C20H37N3O2.HI/c1-21-20(22-19-15-18(19)16-7-4-3-5-8-16)23-11-9-17(10-12-23)25-14-6-13-24-2;/h16-19H,3-15H2,1-2H3,(H,21,22);1H. The Bertz CT molecular complexity index is 421. The van der Waals surface area contributed by atoms with Crippen LogP contribution in [0.1, 0.15) is 57.8 Å². The second-order valence-corrected chi connectivity index (χ2v) is 8.00. The largest absolute Gasteiger partial charge is 0.385 e. The Labute approximate surface area is 176 Å². The maximum Gasteiger partial charge on any atom is 0.193 e. The van der Waals surface area contributed by atoms with Gasteiger partial charge in [0.05, 0.1) is 6.10 Å². The van der Waals surface area contributed by atoms with Crippen LogP contribution in [0.2, 0.25) is 0 Å². The van der Waals surface area contributed by atoms with E-state index in [1.54, 1.807) is 7.11 Å². The third-order valence-electron chi connectivity index (χ3n) is 6.21. The molecule has 0 spiro atoms. The lowest BCUT2D eigenvalue weighted by atomic mass is 9.85. The molecular formula is C20H38IN3O2. The van der Waals surface area contributed by atoms with Gasteiger partial charge in [-0.2, -0.15) is 0 Å². The molecule has 6 heteroatoms. The molecule has 3 rings (SSSR count). The molecule has 0 radical (unpaired) electrons. The van der Waals surface area contributed by atoms with Gasteiger partial charge in [0, 0.05) is 46.5 Å². The van der Waals surface area contributed by atoms with Crippen molar-refractivity contribution >= 4 is 29.9 Å². The molecule has 1 heterocycles. The van der Waals surface area contributed by atoms with Crippen molar-refractivity contribution in [2.45, 2.75) is 69.9 Å². The van der Waals surface area contributed by atoms with Crippen molar-refractivity contribution in [1.29, 1.82) is 0 Å². The Balaban J connectivity index is 0.00000243. The van der Waals surface area contributed by atoms with E-state index in [4.69, 9.17) is 9.47 Å². The van der Waals surface area contributed by atoms with Crippen LogP contribution < -0.4 is 5.32 Å². The molecule has 0 amide bonds. The van der Waals surface area contributed by atoms with Crippen LogP contribution in [0.5, 0.6) is 0 Å². The number of nitrogens with zero attached hydrogens (tertiary/aromatic N) is 2. The molecular weight excluding hydrogens is 441 g/mol. The number of halogens is 1. The van der Waals surface area contributed by atoms with Crippen LogP contribution in [0.4, 0.5) is 0 Å². The molecule has 5 nitrogen and oxygen atoms in total. The molecule has 0 aromatic carbocycles. The quantitative estimate of drug-likeness (QED) is 0.262. The van der Waals surface area contributed by atoms with Gasteiger partial charge in [0.25, 0.3) is 0 Å². The zero-order valence-corrected chi connectivity index (χ0v) is 19.0. The summed E-state index contributed by atoms with van der Waals surface area (Å²) in [6.45, 7) is 3.71. The first kappa shape index (κ1) is 22.2. The van der Waals surface area contributed by atoms with Gasteiger partial charge in [0.15, 0.2) is 5.96 Å². The summed E-state index contributed by atoms with van der Waals surface area (Å²) in [5, 5.41) is 3.75. The predicted octanol–water partition coefficient (Wildman–Crippen LogP) is 3.67. The zero-order chi connectivity index (χ0) is 17.5.